The molecule has 0 radical (unpaired) electrons. The van der Waals surface area contributed by atoms with E-state index < -0.39 is 0 Å². The molecule has 0 aromatic heterocycles. The number of rotatable bonds is 1. The van der Waals surface area contributed by atoms with Gasteiger partial charge in [0.25, 0.3) is 0 Å². The standard InChI is InChI=1S/C11H11NO/c1-9-3-2-4-10(5-9)11(6-12)7-13-8-11/h2-5H,7-8H2,1H3. The second-order valence-corrected chi connectivity index (χ2v) is 3.56. The van der Waals surface area contributed by atoms with Crippen LogP contribution in [0.25, 0.3) is 0 Å². The van der Waals surface area contributed by atoms with Gasteiger partial charge >= 0.3 is 0 Å². The minimum Gasteiger partial charge on any atom is -0.377 e. The second-order valence-electron chi connectivity index (χ2n) is 3.56. The monoisotopic (exact) mass is 173 g/mol. The molecule has 1 fully saturated rings. The van der Waals surface area contributed by atoms with Crippen molar-refractivity contribution in [3.8, 4) is 6.07 Å². The molecule has 0 atom stereocenters. The molecule has 1 aromatic carbocycles. The quantitative estimate of drug-likeness (QED) is 0.648. The summed E-state index contributed by atoms with van der Waals surface area (Å²) in [5, 5.41) is 9.05. The fourth-order valence-corrected chi connectivity index (χ4v) is 1.54. The van der Waals surface area contributed by atoms with Crippen LogP contribution in [-0.2, 0) is 10.2 Å². The molecule has 0 aliphatic carbocycles. The van der Waals surface area contributed by atoms with Gasteiger partial charge in [-0.05, 0) is 12.5 Å². The van der Waals surface area contributed by atoms with Gasteiger partial charge in [-0.1, -0.05) is 29.8 Å². The first-order valence-electron chi connectivity index (χ1n) is 4.33. The van der Waals surface area contributed by atoms with Crippen LogP contribution in [0.3, 0.4) is 0 Å². The largest absolute Gasteiger partial charge is 0.377 e. The third-order valence-corrected chi connectivity index (χ3v) is 2.48. The molecule has 2 heteroatoms. The van der Waals surface area contributed by atoms with Crippen LogP contribution in [0, 0.1) is 18.3 Å². The molecule has 66 valence electrons. The van der Waals surface area contributed by atoms with Crippen LogP contribution in [0.1, 0.15) is 11.1 Å². The summed E-state index contributed by atoms with van der Waals surface area (Å²) in [6.45, 7) is 3.11. The van der Waals surface area contributed by atoms with Crippen LogP contribution in [-0.4, -0.2) is 13.2 Å². The zero-order chi connectivity index (χ0) is 9.31. The Morgan fingerprint density at radius 1 is 1.46 bits per heavy atom. The Bertz CT molecular complexity index is 361. The van der Waals surface area contributed by atoms with E-state index in [0.29, 0.717) is 13.2 Å². The molecule has 2 nitrogen and oxygen atoms in total. The molecule has 2 rings (SSSR count). The average Bonchev–Trinajstić information content (AvgIpc) is 2.03. The molecule has 0 saturated carbocycles. The zero-order valence-electron chi connectivity index (χ0n) is 7.58. The molecule has 13 heavy (non-hydrogen) atoms. The van der Waals surface area contributed by atoms with Crippen molar-refractivity contribution in [3.05, 3.63) is 35.4 Å². The van der Waals surface area contributed by atoms with Crippen molar-refractivity contribution in [3.63, 3.8) is 0 Å². The maximum atomic E-state index is 9.05. The predicted molar refractivity (Wildman–Crippen MR) is 49.3 cm³/mol. The van der Waals surface area contributed by atoms with Crippen molar-refractivity contribution in [1.29, 1.82) is 5.26 Å². The summed E-state index contributed by atoms with van der Waals surface area (Å²) >= 11 is 0. The van der Waals surface area contributed by atoms with Crippen molar-refractivity contribution in [1.82, 2.24) is 0 Å². The van der Waals surface area contributed by atoms with Crippen LogP contribution < -0.4 is 0 Å². The summed E-state index contributed by atoms with van der Waals surface area (Å²) in [7, 11) is 0. The zero-order valence-corrected chi connectivity index (χ0v) is 7.58. The maximum Gasteiger partial charge on any atom is 0.129 e. The molecule has 1 saturated heterocycles. The molecule has 1 aliphatic heterocycles. The van der Waals surface area contributed by atoms with E-state index >= 15 is 0 Å². The van der Waals surface area contributed by atoms with Crippen LogP contribution in [0.4, 0.5) is 0 Å². The number of hydrogen-bond acceptors (Lipinski definition) is 2. The van der Waals surface area contributed by atoms with Crippen molar-refractivity contribution < 1.29 is 4.74 Å². The highest BCUT2D eigenvalue weighted by Crippen LogP contribution is 2.31. The number of ether oxygens (including phenoxy) is 1. The van der Waals surface area contributed by atoms with E-state index in [1.165, 1.54) is 5.56 Å². The molecule has 0 spiro atoms. The second kappa shape index (κ2) is 2.86. The highest BCUT2D eigenvalue weighted by atomic mass is 16.5. The summed E-state index contributed by atoms with van der Waals surface area (Å²) in [5.41, 5.74) is 1.91. The van der Waals surface area contributed by atoms with Gasteiger partial charge in [-0.3, -0.25) is 0 Å². The van der Waals surface area contributed by atoms with E-state index in [1.54, 1.807) is 0 Å². The van der Waals surface area contributed by atoms with E-state index in [0.717, 1.165) is 5.56 Å². The highest BCUT2D eigenvalue weighted by Gasteiger charge is 2.40. The molecule has 0 N–H and O–H groups in total. The van der Waals surface area contributed by atoms with Gasteiger partial charge < -0.3 is 4.74 Å². The van der Waals surface area contributed by atoms with E-state index in [-0.39, 0.29) is 5.41 Å². The predicted octanol–water partition coefficient (Wildman–Crippen LogP) is 1.79. The third-order valence-electron chi connectivity index (χ3n) is 2.48. The first kappa shape index (κ1) is 8.28. The summed E-state index contributed by atoms with van der Waals surface area (Å²) in [6.07, 6.45) is 0. The Morgan fingerprint density at radius 3 is 2.69 bits per heavy atom. The smallest absolute Gasteiger partial charge is 0.129 e. The fraction of sp³-hybridized carbons (Fsp3) is 0.364. The Hall–Kier alpha value is -1.33. The van der Waals surface area contributed by atoms with Gasteiger partial charge in [0.2, 0.25) is 0 Å². The first-order chi connectivity index (χ1) is 6.27. The van der Waals surface area contributed by atoms with Crippen LogP contribution in [0.15, 0.2) is 24.3 Å². The minimum atomic E-state index is -0.369. The number of nitriles is 1. The van der Waals surface area contributed by atoms with Gasteiger partial charge in [0, 0.05) is 0 Å². The van der Waals surface area contributed by atoms with E-state index in [2.05, 4.69) is 12.1 Å². The number of benzene rings is 1. The Kier molecular flexibility index (Phi) is 1.82. The number of hydrogen-bond donors (Lipinski definition) is 0. The topological polar surface area (TPSA) is 33.0 Å². The lowest BCUT2D eigenvalue weighted by molar-refractivity contribution is -0.0298. The maximum absolute atomic E-state index is 9.05. The van der Waals surface area contributed by atoms with E-state index in [4.69, 9.17) is 10.00 Å². The third kappa shape index (κ3) is 1.22. The molecule has 1 aromatic rings. The highest BCUT2D eigenvalue weighted by molar-refractivity contribution is 5.37. The van der Waals surface area contributed by atoms with Gasteiger partial charge in [0.1, 0.15) is 5.41 Å². The average molecular weight is 173 g/mol. The van der Waals surface area contributed by atoms with Gasteiger partial charge in [0.05, 0.1) is 19.3 Å². The SMILES string of the molecule is Cc1cccc(C2(C#N)COC2)c1. The van der Waals surface area contributed by atoms with Crippen LogP contribution >= 0.6 is 0 Å². The summed E-state index contributed by atoms with van der Waals surface area (Å²) in [5.74, 6) is 0. The van der Waals surface area contributed by atoms with Gasteiger partial charge in [-0.2, -0.15) is 5.26 Å². The normalized spacial score (nSPS) is 18.8. The summed E-state index contributed by atoms with van der Waals surface area (Å²) in [4.78, 5) is 0. The van der Waals surface area contributed by atoms with Crippen molar-refractivity contribution in [2.45, 2.75) is 12.3 Å². The van der Waals surface area contributed by atoms with Crippen molar-refractivity contribution >= 4 is 0 Å². The lowest BCUT2D eigenvalue weighted by atomic mass is 9.80. The van der Waals surface area contributed by atoms with Crippen LogP contribution in [0.5, 0.6) is 0 Å². The Balaban J connectivity index is 2.40. The van der Waals surface area contributed by atoms with Crippen molar-refractivity contribution in [2.24, 2.45) is 0 Å². The molecule has 0 amide bonds. The van der Waals surface area contributed by atoms with Gasteiger partial charge in [-0.25, -0.2) is 0 Å². The Morgan fingerprint density at radius 2 is 2.23 bits per heavy atom. The lowest BCUT2D eigenvalue weighted by Crippen LogP contribution is -2.45. The minimum absolute atomic E-state index is 0.369. The van der Waals surface area contributed by atoms with E-state index in [9.17, 15) is 0 Å². The molecular formula is C11H11NO. The fourth-order valence-electron chi connectivity index (χ4n) is 1.54. The number of nitrogens with zero attached hydrogens (tertiary/aromatic N) is 1. The summed E-state index contributed by atoms with van der Waals surface area (Å²) < 4.78 is 5.10. The lowest BCUT2D eigenvalue weighted by Gasteiger charge is -2.35. The molecule has 0 bridgehead atoms. The first-order valence-corrected chi connectivity index (χ1v) is 4.33. The number of aryl methyl sites for hydroxylation is 1. The molecular weight excluding hydrogens is 162 g/mol. The van der Waals surface area contributed by atoms with Crippen molar-refractivity contribution in [2.75, 3.05) is 13.2 Å². The van der Waals surface area contributed by atoms with Gasteiger partial charge in [0.15, 0.2) is 0 Å². The Labute approximate surface area is 77.8 Å². The van der Waals surface area contributed by atoms with Crippen LogP contribution in [0.2, 0.25) is 0 Å². The molecule has 1 heterocycles. The van der Waals surface area contributed by atoms with E-state index in [1.807, 2.05) is 25.1 Å². The molecule has 1 aliphatic rings. The summed E-state index contributed by atoms with van der Waals surface area (Å²) in [6, 6.07) is 10.4. The molecule has 0 unspecified atom stereocenters. The van der Waals surface area contributed by atoms with Gasteiger partial charge in [-0.15, -0.1) is 0 Å².